The molecule has 0 saturated carbocycles. The maximum absolute atomic E-state index is 13.3. The molecular weight excluding hydrogens is 476 g/mol. The summed E-state index contributed by atoms with van der Waals surface area (Å²) >= 11 is 6.02. The van der Waals surface area contributed by atoms with Crippen LogP contribution < -0.4 is 14.8 Å². The van der Waals surface area contributed by atoms with Crippen LogP contribution in [0.4, 0.5) is 5.69 Å². The van der Waals surface area contributed by atoms with Crippen LogP contribution in [0.1, 0.15) is 5.56 Å². The maximum atomic E-state index is 13.3. The first kappa shape index (κ1) is 23.7. The lowest BCUT2D eigenvalue weighted by atomic mass is 10.2. The van der Waals surface area contributed by atoms with Crippen LogP contribution in [0.5, 0.6) is 11.5 Å². The predicted octanol–water partition coefficient (Wildman–Crippen LogP) is 4.92. The number of ether oxygens (including phenoxy) is 2. The SMILES string of the molecule is COc1ccc(NC(=O)Cn2cc(S(=O)(=O)Cc3cccc(Cl)c3)c3ccccc32)c(OC)c1. The summed E-state index contributed by atoms with van der Waals surface area (Å²) in [5, 5.41) is 3.84. The molecule has 0 spiro atoms. The summed E-state index contributed by atoms with van der Waals surface area (Å²) in [6.45, 7) is -0.0810. The summed E-state index contributed by atoms with van der Waals surface area (Å²) in [6, 6.07) is 18.9. The zero-order chi connectivity index (χ0) is 24.3. The highest BCUT2D eigenvalue weighted by Gasteiger charge is 2.23. The molecular formula is C25H23ClN2O5S. The van der Waals surface area contributed by atoms with E-state index in [9.17, 15) is 13.2 Å². The number of rotatable bonds is 8. The van der Waals surface area contributed by atoms with Crippen LogP contribution >= 0.6 is 11.6 Å². The summed E-state index contributed by atoms with van der Waals surface area (Å²) in [5.41, 5.74) is 1.72. The number of fused-ring (bicyclic) bond motifs is 1. The molecule has 4 rings (SSSR count). The van der Waals surface area contributed by atoms with E-state index in [0.29, 0.717) is 38.7 Å². The van der Waals surface area contributed by atoms with Gasteiger partial charge < -0.3 is 19.4 Å². The van der Waals surface area contributed by atoms with E-state index in [2.05, 4.69) is 5.32 Å². The van der Waals surface area contributed by atoms with E-state index < -0.39 is 9.84 Å². The maximum Gasteiger partial charge on any atom is 0.244 e. The Hall–Kier alpha value is -3.49. The fraction of sp³-hybridized carbons (Fsp3) is 0.160. The number of sulfone groups is 1. The van der Waals surface area contributed by atoms with Crippen molar-refractivity contribution in [2.75, 3.05) is 19.5 Å². The number of nitrogens with zero attached hydrogens (tertiary/aromatic N) is 1. The van der Waals surface area contributed by atoms with Gasteiger partial charge in [-0.1, -0.05) is 41.9 Å². The van der Waals surface area contributed by atoms with E-state index in [4.69, 9.17) is 21.1 Å². The van der Waals surface area contributed by atoms with Crippen molar-refractivity contribution in [2.24, 2.45) is 0 Å². The second-order valence-electron chi connectivity index (χ2n) is 7.64. The van der Waals surface area contributed by atoms with E-state index in [1.165, 1.54) is 13.3 Å². The van der Waals surface area contributed by atoms with Gasteiger partial charge in [-0.25, -0.2) is 8.42 Å². The van der Waals surface area contributed by atoms with Crippen LogP contribution in [0.25, 0.3) is 10.9 Å². The molecule has 0 aliphatic carbocycles. The van der Waals surface area contributed by atoms with Crippen LogP contribution in [0, 0.1) is 0 Å². The van der Waals surface area contributed by atoms with E-state index in [0.717, 1.165) is 0 Å². The fourth-order valence-corrected chi connectivity index (χ4v) is 5.54. The molecule has 1 amide bonds. The van der Waals surface area contributed by atoms with Gasteiger partial charge >= 0.3 is 0 Å². The molecule has 34 heavy (non-hydrogen) atoms. The summed E-state index contributed by atoms with van der Waals surface area (Å²) in [4.78, 5) is 13.0. The number of hydrogen-bond donors (Lipinski definition) is 1. The summed E-state index contributed by atoms with van der Waals surface area (Å²) in [7, 11) is -0.649. The third-order valence-electron chi connectivity index (χ3n) is 5.33. The van der Waals surface area contributed by atoms with Crippen LogP contribution in [0.3, 0.4) is 0 Å². The van der Waals surface area contributed by atoms with Gasteiger partial charge in [0.05, 0.1) is 30.6 Å². The van der Waals surface area contributed by atoms with Crippen molar-refractivity contribution in [1.29, 1.82) is 0 Å². The molecule has 0 atom stereocenters. The number of nitrogens with one attached hydrogen (secondary N) is 1. The number of amides is 1. The van der Waals surface area contributed by atoms with Crippen molar-refractivity contribution in [3.8, 4) is 11.5 Å². The van der Waals surface area contributed by atoms with Crippen LogP contribution in [0.15, 0.2) is 77.8 Å². The van der Waals surface area contributed by atoms with Crippen molar-refractivity contribution in [3.63, 3.8) is 0 Å². The lowest BCUT2D eigenvalue weighted by molar-refractivity contribution is -0.116. The molecule has 0 aliphatic heterocycles. The van der Waals surface area contributed by atoms with Gasteiger partial charge in [0.15, 0.2) is 9.84 Å². The van der Waals surface area contributed by atoms with Crippen LogP contribution in [-0.2, 0) is 26.9 Å². The van der Waals surface area contributed by atoms with Crippen molar-refractivity contribution in [2.45, 2.75) is 17.2 Å². The number of hydrogen-bond acceptors (Lipinski definition) is 5. The highest BCUT2D eigenvalue weighted by Crippen LogP contribution is 2.30. The Morgan fingerprint density at radius 2 is 1.79 bits per heavy atom. The first-order valence-electron chi connectivity index (χ1n) is 10.4. The third kappa shape index (κ3) is 5.03. The molecule has 7 nitrogen and oxygen atoms in total. The molecule has 0 bridgehead atoms. The molecule has 0 radical (unpaired) electrons. The van der Waals surface area contributed by atoms with Gasteiger partial charge in [0.25, 0.3) is 0 Å². The average molecular weight is 499 g/mol. The molecule has 0 fully saturated rings. The zero-order valence-electron chi connectivity index (χ0n) is 18.6. The third-order valence-corrected chi connectivity index (χ3v) is 7.27. The van der Waals surface area contributed by atoms with Crippen molar-refractivity contribution in [3.05, 3.63) is 83.5 Å². The molecule has 0 saturated heterocycles. The van der Waals surface area contributed by atoms with E-state index in [1.807, 2.05) is 0 Å². The first-order chi connectivity index (χ1) is 16.3. The highest BCUT2D eigenvalue weighted by atomic mass is 35.5. The molecule has 176 valence electrons. The Bertz CT molecular complexity index is 1460. The van der Waals surface area contributed by atoms with E-state index >= 15 is 0 Å². The Labute approximate surface area is 202 Å². The molecule has 3 aromatic carbocycles. The number of halogens is 1. The predicted molar refractivity (Wildman–Crippen MR) is 132 cm³/mol. The van der Waals surface area contributed by atoms with Crippen LogP contribution in [-0.4, -0.2) is 33.1 Å². The number of anilines is 1. The standard InChI is InChI=1S/C25H23ClN2O5S/c1-32-19-10-11-21(23(13-19)33-2)27-25(29)15-28-14-24(20-8-3-4-9-22(20)28)34(30,31)16-17-6-5-7-18(26)12-17/h3-14H,15-16H2,1-2H3,(H,27,29). The average Bonchev–Trinajstić information content (AvgIpc) is 3.18. The first-order valence-corrected chi connectivity index (χ1v) is 12.4. The number of para-hydroxylation sites is 1. The molecule has 4 aromatic rings. The number of methoxy groups -OCH3 is 2. The Kier molecular flexibility index (Phi) is 6.81. The quantitative estimate of drug-likeness (QED) is 0.372. The topological polar surface area (TPSA) is 86.6 Å². The number of benzene rings is 3. The van der Waals surface area contributed by atoms with Gasteiger partial charge in [0.1, 0.15) is 18.0 Å². The van der Waals surface area contributed by atoms with Gasteiger partial charge in [-0.3, -0.25) is 4.79 Å². The minimum atomic E-state index is -3.69. The van der Waals surface area contributed by atoms with Gasteiger partial charge in [-0.05, 0) is 35.9 Å². The van der Waals surface area contributed by atoms with Gasteiger partial charge in [0.2, 0.25) is 5.91 Å². The highest BCUT2D eigenvalue weighted by molar-refractivity contribution is 7.90. The van der Waals surface area contributed by atoms with E-state index in [-0.39, 0.29) is 23.1 Å². The molecule has 0 unspecified atom stereocenters. The van der Waals surface area contributed by atoms with Crippen molar-refractivity contribution in [1.82, 2.24) is 4.57 Å². The molecule has 9 heteroatoms. The molecule has 1 heterocycles. The number of carbonyl (C=O) groups excluding carboxylic acids is 1. The Morgan fingerprint density at radius 3 is 2.53 bits per heavy atom. The van der Waals surface area contributed by atoms with Crippen molar-refractivity contribution < 1.29 is 22.7 Å². The molecule has 1 N–H and O–H groups in total. The van der Waals surface area contributed by atoms with Gasteiger partial charge in [0, 0.05) is 28.2 Å². The summed E-state index contributed by atoms with van der Waals surface area (Å²) in [6.07, 6.45) is 1.51. The lowest BCUT2D eigenvalue weighted by Crippen LogP contribution is -2.18. The lowest BCUT2D eigenvalue weighted by Gasteiger charge is -2.12. The minimum Gasteiger partial charge on any atom is -0.497 e. The molecule has 0 aliphatic rings. The van der Waals surface area contributed by atoms with E-state index in [1.54, 1.807) is 78.4 Å². The van der Waals surface area contributed by atoms with Crippen LogP contribution in [0.2, 0.25) is 5.02 Å². The number of carbonyl (C=O) groups is 1. The Balaban J connectivity index is 1.63. The normalized spacial score (nSPS) is 11.4. The zero-order valence-corrected chi connectivity index (χ0v) is 20.2. The smallest absolute Gasteiger partial charge is 0.244 e. The summed E-state index contributed by atoms with van der Waals surface area (Å²) in [5.74, 6) is 0.523. The minimum absolute atomic E-state index is 0.0810. The van der Waals surface area contributed by atoms with Gasteiger partial charge in [-0.2, -0.15) is 0 Å². The van der Waals surface area contributed by atoms with Crippen molar-refractivity contribution >= 4 is 43.9 Å². The second-order valence-corrected chi connectivity index (χ2v) is 10.0. The second kappa shape index (κ2) is 9.79. The monoisotopic (exact) mass is 498 g/mol. The molecule has 1 aromatic heterocycles. The number of aromatic nitrogens is 1. The van der Waals surface area contributed by atoms with Gasteiger partial charge in [-0.15, -0.1) is 0 Å². The summed E-state index contributed by atoms with van der Waals surface area (Å²) < 4.78 is 38.7. The fourth-order valence-electron chi connectivity index (χ4n) is 3.76. The largest absolute Gasteiger partial charge is 0.497 e. The Morgan fingerprint density at radius 1 is 1.00 bits per heavy atom.